The van der Waals surface area contributed by atoms with Gasteiger partial charge in [0, 0.05) is 6.07 Å². The van der Waals surface area contributed by atoms with E-state index in [0.717, 1.165) is 0 Å². The topological polar surface area (TPSA) is 63.6 Å². The summed E-state index contributed by atoms with van der Waals surface area (Å²) < 4.78 is 4.60. The van der Waals surface area contributed by atoms with Crippen LogP contribution in [-0.2, 0) is 4.74 Å². The number of benzene rings is 2. The van der Waals surface area contributed by atoms with Crippen LogP contribution in [0.5, 0.6) is 5.75 Å². The molecular weight excluding hydrogens is 339 g/mol. The van der Waals surface area contributed by atoms with Crippen LogP contribution in [0.25, 0.3) is 6.08 Å². The Morgan fingerprint density at radius 3 is 2.30 bits per heavy atom. The number of allylic oxidation sites excluding steroid dienone is 1. The van der Waals surface area contributed by atoms with E-state index in [9.17, 15) is 14.7 Å². The van der Waals surface area contributed by atoms with Crippen LogP contribution in [0.1, 0.15) is 26.3 Å². The van der Waals surface area contributed by atoms with Crippen LogP contribution in [0.3, 0.4) is 0 Å². The van der Waals surface area contributed by atoms with Gasteiger partial charge in [0.25, 0.3) is 0 Å². The molecule has 0 amide bonds. The number of carbonyl (C=O) groups is 2. The minimum atomic E-state index is -0.433. The molecule has 6 heteroatoms. The largest absolute Gasteiger partial charge is 0.507 e. The van der Waals surface area contributed by atoms with Crippen molar-refractivity contribution in [3.05, 3.63) is 69.2 Å². The third kappa shape index (κ3) is 4.12. The van der Waals surface area contributed by atoms with Gasteiger partial charge in [-0.1, -0.05) is 41.4 Å². The van der Waals surface area contributed by atoms with Gasteiger partial charge in [0.05, 0.1) is 28.3 Å². The van der Waals surface area contributed by atoms with Gasteiger partial charge in [-0.25, -0.2) is 4.79 Å². The molecule has 2 aromatic carbocycles. The van der Waals surface area contributed by atoms with Gasteiger partial charge in [-0.05, 0) is 29.8 Å². The predicted octanol–water partition coefficient (Wildman–Crippen LogP) is 4.38. The molecule has 0 spiro atoms. The highest BCUT2D eigenvalue weighted by molar-refractivity contribution is 6.42. The van der Waals surface area contributed by atoms with Crippen molar-refractivity contribution >= 4 is 41.0 Å². The van der Waals surface area contributed by atoms with Gasteiger partial charge < -0.3 is 9.84 Å². The average molecular weight is 351 g/mol. The number of ether oxygens (including phenoxy) is 1. The number of carbonyl (C=O) groups excluding carboxylic acids is 2. The summed E-state index contributed by atoms with van der Waals surface area (Å²) in [5.74, 6) is -1.09. The van der Waals surface area contributed by atoms with Crippen molar-refractivity contribution in [1.29, 1.82) is 0 Å². The van der Waals surface area contributed by atoms with E-state index in [1.165, 1.54) is 25.3 Å². The molecule has 2 rings (SSSR count). The zero-order valence-corrected chi connectivity index (χ0v) is 13.6. The van der Waals surface area contributed by atoms with Gasteiger partial charge in [0.1, 0.15) is 5.75 Å². The number of hydrogen-bond acceptors (Lipinski definition) is 4. The summed E-state index contributed by atoms with van der Waals surface area (Å²) in [6, 6.07) is 9.05. The van der Waals surface area contributed by atoms with Gasteiger partial charge in [0.2, 0.25) is 0 Å². The maximum atomic E-state index is 12.1. The molecule has 0 aromatic heterocycles. The molecular formula is C17H12Cl2O4. The Balaban J connectivity index is 2.18. The fourth-order valence-electron chi connectivity index (χ4n) is 1.84. The molecule has 1 N–H and O–H groups in total. The van der Waals surface area contributed by atoms with Crippen LogP contribution >= 0.6 is 23.2 Å². The molecule has 23 heavy (non-hydrogen) atoms. The summed E-state index contributed by atoms with van der Waals surface area (Å²) >= 11 is 11.6. The number of ketones is 1. The first kappa shape index (κ1) is 17.1. The van der Waals surface area contributed by atoms with Crippen molar-refractivity contribution < 1.29 is 19.4 Å². The van der Waals surface area contributed by atoms with Crippen LogP contribution in [0.4, 0.5) is 0 Å². The second kappa shape index (κ2) is 7.31. The highest BCUT2D eigenvalue weighted by atomic mass is 35.5. The Morgan fingerprint density at radius 1 is 1.09 bits per heavy atom. The summed E-state index contributed by atoms with van der Waals surface area (Å²) in [4.78, 5) is 23.4. The van der Waals surface area contributed by atoms with Gasteiger partial charge >= 0.3 is 5.97 Å². The third-order valence-electron chi connectivity index (χ3n) is 3.06. The lowest BCUT2D eigenvalue weighted by atomic mass is 10.1. The SMILES string of the molecule is COC(=O)c1ccc(/C=C/C(=O)c2cc(Cl)c(Cl)cc2O)cc1. The first-order valence-electron chi connectivity index (χ1n) is 6.51. The highest BCUT2D eigenvalue weighted by Crippen LogP contribution is 2.30. The maximum absolute atomic E-state index is 12.1. The lowest BCUT2D eigenvalue weighted by molar-refractivity contribution is 0.0600. The minimum Gasteiger partial charge on any atom is -0.507 e. The molecule has 0 bridgehead atoms. The molecule has 2 aromatic rings. The number of phenolic OH excluding ortho intramolecular Hbond substituents is 1. The summed E-state index contributed by atoms with van der Waals surface area (Å²) in [5, 5.41) is 10.1. The standard InChI is InChI=1S/C17H12Cl2O4/c1-23-17(22)11-5-2-10(3-6-11)4-7-15(20)12-8-13(18)14(19)9-16(12)21/h2-9,21H,1H3/b7-4+. The van der Waals surface area contributed by atoms with Crippen LogP contribution < -0.4 is 0 Å². The molecule has 0 aliphatic carbocycles. The summed E-state index contributed by atoms with van der Waals surface area (Å²) in [5.41, 5.74) is 1.19. The van der Waals surface area contributed by atoms with E-state index in [4.69, 9.17) is 23.2 Å². The number of phenols is 1. The van der Waals surface area contributed by atoms with Gasteiger partial charge in [-0.3, -0.25) is 4.79 Å². The summed E-state index contributed by atoms with van der Waals surface area (Å²) in [6.45, 7) is 0. The first-order valence-corrected chi connectivity index (χ1v) is 7.26. The number of halogens is 2. The summed E-state index contributed by atoms with van der Waals surface area (Å²) in [6.07, 6.45) is 2.86. The third-order valence-corrected chi connectivity index (χ3v) is 3.79. The molecule has 0 atom stereocenters. The molecule has 0 saturated heterocycles. The fourth-order valence-corrected chi connectivity index (χ4v) is 2.17. The fraction of sp³-hybridized carbons (Fsp3) is 0.0588. The van der Waals surface area contributed by atoms with Gasteiger partial charge in [-0.2, -0.15) is 0 Å². The molecule has 0 heterocycles. The van der Waals surface area contributed by atoms with Crippen LogP contribution in [0, 0.1) is 0 Å². The summed E-state index contributed by atoms with van der Waals surface area (Å²) in [7, 11) is 1.30. The van der Waals surface area contributed by atoms with E-state index < -0.39 is 11.8 Å². The maximum Gasteiger partial charge on any atom is 0.337 e. The predicted molar refractivity (Wildman–Crippen MR) is 89.3 cm³/mol. The Kier molecular flexibility index (Phi) is 5.42. The lowest BCUT2D eigenvalue weighted by Gasteiger charge is -2.03. The number of aromatic hydroxyl groups is 1. The molecule has 0 unspecified atom stereocenters. The van der Waals surface area contributed by atoms with Crippen molar-refractivity contribution in [2.24, 2.45) is 0 Å². The van der Waals surface area contributed by atoms with E-state index in [0.29, 0.717) is 11.1 Å². The monoisotopic (exact) mass is 350 g/mol. The van der Waals surface area contributed by atoms with Crippen molar-refractivity contribution in [2.75, 3.05) is 7.11 Å². The van der Waals surface area contributed by atoms with E-state index in [1.54, 1.807) is 30.3 Å². The van der Waals surface area contributed by atoms with E-state index in [2.05, 4.69) is 4.74 Å². The van der Waals surface area contributed by atoms with Crippen LogP contribution in [0.15, 0.2) is 42.5 Å². The van der Waals surface area contributed by atoms with E-state index in [1.807, 2.05) is 0 Å². The molecule has 0 fully saturated rings. The number of hydrogen-bond donors (Lipinski definition) is 1. The van der Waals surface area contributed by atoms with Crippen molar-refractivity contribution in [3.8, 4) is 5.75 Å². The Morgan fingerprint density at radius 2 is 1.70 bits per heavy atom. The molecule has 118 valence electrons. The first-order chi connectivity index (χ1) is 10.9. The normalized spacial score (nSPS) is 10.7. The van der Waals surface area contributed by atoms with Gasteiger partial charge in [-0.15, -0.1) is 0 Å². The quantitative estimate of drug-likeness (QED) is 0.504. The van der Waals surface area contributed by atoms with Crippen molar-refractivity contribution in [2.45, 2.75) is 0 Å². The second-order valence-electron chi connectivity index (χ2n) is 4.59. The Bertz CT molecular complexity index is 780. The number of rotatable bonds is 4. The second-order valence-corrected chi connectivity index (χ2v) is 5.41. The van der Waals surface area contributed by atoms with Crippen molar-refractivity contribution in [3.63, 3.8) is 0 Å². The Labute approximate surface area is 142 Å². The number of esters is 1. The Hall–Kier alpha value is -2.30. The van der Waals surface area contributed by atoms with Crippen LogP contribution in [-0.4, -0.2) is 24.0 Å². The average Bonchev–Trinajstić information content (AvgIpc) is 2.55. The minimum absolute atomic E-state index is 0.0573. The van der Waals surface area contributed by atoms with Gasteiger partial charge in [0.15, 0.2) is 5.78 Å². The zero-order valence-electron chi connectivity index (χ0n) is 12.0. The highest BCUT2D eigenvalue weighted by Gasteiger charge is 2.12. The van der Waals surface area contributed by atoms with Crippen LogP contribution in [0.2, 0.25) is 10.0 Å². The van der Waals surface area contributed by atoms with E-state index in [-0.39, 0.29) is 21.4 Å². The molecule has 0 aliphatic heterocycles. The van der Waals surface area contributed by atoms with Crippen molar-refractivity contribution in [1.82, 2.24) is 0 Å². The number of methoxy groups -OCH3 is 1. The molecule has 0 radical (unpaired) electrons. The van der Waals surface area contributed by atoms with E-state index >= 15 is 0 Å². The smallest absolute Gasteiger partial charge is 0.337 e. The zero-order chi connectivity index (χ0) is 17.0. The lowest BCUT2D eigenvalue weighted by Crippen LogP contribution is -2.00. The molecule has 0 saturated carbocycles. The molecule has 0 aliphatic rings. The molecule has 4 nitrogen and oxygen atoms in total.